The zero-order valence-electron chi connectivity index (χ0n) is 14.6. The van der Waals surface area contributed by atoms with E-state index >= 15 is 0 Å². The van der Waals surface area contributed by atoms with Crippen LogP contribution in [0.2, 0.25) is 0 Å². The molecule has 0 aromatic heterocycles. The van der Waals surface area contributed by atoms with Crippen molar-refractivity contribution in [2.24, 2.45) is 11.8 Å². The van der Waals surface area contributed by atoms with Gasteiger partial charge in [-0.2, -0.15) is 0 Å². The van der Waals surface area contributed by atoms with Crippen LogP contribution in [0.4, 0.5) is 0 Å². The largest absolute Gasteiger partial charge is 0.493 e. The molecule has 1 aliphatic rings. The molecule has 2 unspecified atom stereocenters. The van der Waals surface area contributed by atoms with Crippen LogP contribution in [-0.2, 0) is 9.59 Å². The molecule has 1 heterocycles. The topological polar surface area (TPSA) is 76.1 Å². The number of likely N-dealkylation sites (tertiary alicyclic amines) is 1. The Morgan fingerprint density at radius 3 is 2.50 bits per heavy atom. The minimum atomic E-state index is -0.879. The van der Waals surface area contributed by atoms with Crippen molar-refractivity contribution in [3.05, 3.63) is 23.8 Å². The van der Waals surface area contributed by atoms with Gasteiger partial charge in [-0.3, -0.25) is 9.59 Å². The summed E-state index contributed by atoms with van der Waals surface area (Å²) in [6.07, 6.45) is 0.620. The number of hydrogen-bond acceptors (Lipinski definition) is 4. The number of carboxylic acids is 1. The number of benzene rings is 1. The first-order chi connectivity index (χ1) is 11.4. The molecular weight excluding hydrogens is 310 g/mol. The Bertz CT molecular complexity index is 613. The highest BCUT2D eigenvalue weighted by atomic mass is 16.5. The molecule has 6 nitrogen and oxygen atoms in total. The quantitative estimate of drug-likeness (QED) is 0.865. The van der Waals surface area contributed by atoms with E-state index in [2.05, 4.69) is 0 Å². The number of aliphatic carboxylic acids is 1. The molecule has 1 amide bonds. The van der Waals surface area contributed by atoms with Gasteiger partial charge in [0.2, 0.25) is 5.91 Å². The summed E-state index contributed by atoms with van der Waals surface area (Å²) in [5.74, 6) is -0.145. The minimum absolute atomic E-state index is 0.000912. The molecule has 0 radical (unpaired) electrons. The number of methoxy groups -OCH3 is 2. The van der Waals surface area contributed by atoms with Crippen LogP contribution in [0, 0.1) is 11.8 Å². The molecule has 6 heteroatoms. The van der Waals surface area contributed by atoms with E-state index in [4.69, 9.17) is 9.47 Å². The third kappa shape index (κ3) is 3.63. The third-order valence-corrected chi connectivity index (χ3v) is 4.33. The van der Waals surface area contributed by atoms with Gasteiger partial charge in [-0.25, -0.2) is 0 Å². The Labute approximate surface area is 142 Å². The molecule has 0 saturated carbocycles. The molecule has 0 aliphatic carbocycles. The van der Waals surface area contributed by atoms with Gasteiger partial charge in [-0.05, 0) is 30.0 Å². The van der Waals surface area contributed by atoms with Gasteiger partial charge in [0, 0.05) is 13.0 Å². The fraction of sp³-hybridized carbons (Fsp3) is 0.556. The van der Waals surface area contributed by atoms with Crippen LogP contribution in [0.25, 0.3) is 0 Å². The molecule has 24 heavy (non-hydrogen) atoms. The van der Waals surface area contributed by atoms with Crippen LogP contribution in [0.5, 0.6) is 11.5 Å². The average Bonchev–Trinajstić information content (AvgIpc) is 2.55. The number of nitrogens with zero attached hydrogens (tertiary/aromatic N) is 1. The lowest BCUT2D eigenvalue weighted by Crippen LogP contribution is -2.46. The van der Waals surface area contributed by atoms with Crippen molar-refractivity contribution in [3.8, 4) is 11.5 Å². The molecule has 1 N–H and O–H groups in total. The third-order valence-electron chi connectivity index (χ3n) is 4.33. The summed E-state index contributed by atoms with van der Waals surface area (Å²) in [4.78, 5) is 25.9. The molecule has 0 spiro atoms. The Balaban J connectivity index is 2.49. The minimum Gasteiger partial charge on any atom is -0.493 e. The summed E-state index contributed by atoms with van der Waals surface area (Å²) in [5.41, 5.74) is 0.758. The highest BCUT2D eigenvalue weighted by Crippen LogP contribution is 2.40. The zero-order chi connectivity index (χ0) is 17.9. The maximum atomic E-state index is 12.4. The fourth-order valence-electron chi connectivity index (χ4n) is 3.27. The standard InChI is InChI=1S/C18H25NO5/c1-11(2)10-19-16(20)8-6-13(18(21)22)17(19)12-5-7-14(23-3)15(9-12)24-4/h5,7,9,11,13,17H,6,8,10H2,1-4H3,(H,21,22). The SMILES string of the molecule is COc1ccc(C2C(C(=O)O)CCC(=O)N2CC(C)C)cc1OC. The summed E-state index contributed by atoms with van der Waals surface area (Å²) >= 11 is 0. The summed E-state index contributed by atoms with van der Waals surface area (Å²) in [6, 6.07) is 4.84. The van der Waals surface area contributed by atoms with Crippen molar-refractivity contribution in [2.45, 2.75) is 32.7 Å². The first-order valence-electron chi connectivity index (χ1n) is 8.13. The predicted molar refractivity (Wildman–Crippen MR) is 89.2 cm³/mol. The number of hydrogen-bond donors (Lipinski definition) is 1. The van der Waals surface area contributed by atoms with Crippen molar-refractivity contribution in [1.82, 2.24) is 4.90 Å². The Morgan fingerprint density at radius 2 is 1.96 bits per heavy atom. The highest BCUT2D eigenvalue weighted by Gasteiger charge is 2.41. The van der Waals surface area contributed by atoms with Gasteiger partial charge in [-0.15, -0.1) is 0 Å². The lowest BCUT2D eigenvalue weighted by molar-refractivity contribution is -0.152. The van der Waals surface area contributed by atoms with Crippen molar-refractivity contribution < 1.29 is 24.2 Å². The van der Waals surface area contributed by atoms with E-state index < -0.39 is 17.9 Å². The molecule has 1 saturated heterocycles. The van der Waals surface area contributed by atoms with Gasteiger partial charge >= 0.3 is 5.97 Å². The smallest absolute Gasteiger partial charge is 0.308 e. The second-order valence-corrected chi connectivity index (χ2v) is 6.48. The van der Waals surface area contributed by atoms with E-state index in [9.17, 15) is 14.7 Å². The van der Waals surface area contributed by atoms with E-state index in [1.54, 1.807) is 24.1 Å². The van der Waals surface area contributed by atoms with E-state index in [0.29, 0.717) is 24.5 Å². The normalized spacial score (nSPS) is 21.0. The fourth-order valence-corrected chi connectivity index (χ4v) is 3.27. The van der Waals surface area contributed by atoms with E-state index in [1.807, 2.05) is 19.9 Å². The van der Waals surface area contributed by atoms with Crippen LogP contribution in [0.15, 0.2) is 18.2 Å². The van der Waals surface area contributed by atoms with E-state index in [0.717, 1.165) is 5.56 Å². The lowest BCUT2D eigenvalue weighted by atomic mass is 9.83. The summed E-state index contributed by atoms with van der Waals surface area (Å²) in [6.45, 7) is 4.56. The van der Waals surface area contributed by atoms with Gasteiger partial charge < -0.3 is 19.5 Å². The lowest BCUT2D eigenvalue weighted by Gasteiger charge is -2.40. The van der Waals surface area contributed by atoms with Crippen molar-refractivity contribution >= 4 is 11.9 Å². The molecule has 2 rings (SSSR count). The van der Waals surface area contributed by atoms with Crippen LogP contribution >= 0.6 is 0 Å². The maximum Gasteiger partial charge on any atom is 0.308 e. The van der Waals surface area contributed by atoms with Crippen molar-refractivity contribution in [1.29, 1.82) is 0 Å². The molecule has 1 aromatic carbocycles. The monoisotopic (exact) mass is 335 g/mol. The number of carboxylic acid groups (broad SMARTS) is 1. The van der Waals surface area contributed by atoms with Crippen LogP contribution in [0.1, 0.15) is 38.3 Å². The van der Waals surface area contributed by atoms with Gasteiger partial charge in [0.25, 0.3) is 0 Å². The number of rotatable bonds is 6. The number of ether oxygens (including phenoxy) is 2. The molecular formula is C18H25NO5. The molecule has 2 atom stereocenters. The van der Waals surface area contributed by atoms with Gasteiger partial charge in [0.05, 0.1) is 26.2 Å². The second kappa shape index (κ2) is 7.55. The van der Waals surface area contributed by atoms with Gasteiger partial charge in [0.1, 0.15) is 0 Å². The maximum absolute atomic E-state index is 12.4. The Hall–Kier alpha value is -2.24. The zero-order valence-corrected chi connectivity index (χ0v) is 14.6. The van der Waals surface area contributed by atoms with Crippen molar-refractivity contribution in [3.63, 3.8) is 0 Å². The molecule has 132 valence electrons. The first kappa shape index (κ1) is 18.1. The first-order valence-corrected chi connectivity index (χ1v) is 8.13. The van der Waals surface area contributed by atoms with E-state index in [1.165, 1.54) is 7.11 Å². The summed E-state index contributed by atoms with van der Waals surface area (Å²) in [7, 11) is 3.08. The molecule has 1 fully saturated rings. The molecule has 1 aromatic rings. The van der Waals surface area contributed by atoms with Crippen LogP contribution in [-0.4, -0.2) is 42.6 Å². The number of carbonyl (C=O) groups excluding carboxylic acids is 1. The van der Waals surface area contributed by atoms with E-state index in [-0.39, 0.29) is 18.2 Å². The highest BCUT2D eigenvalue weighted by molar-refractivity contribution is 5.82. The second-order valence-electron chi connectivity index (χ2n) is 6.48. The molecule has 0 bridgehead atoms. The summed E-state index contributed by atoms with van der Waals surface area (Å²) < 4.78 is 10.6. The van der Waals surface area contributed by atoms with Gasteiger partial charge in [0.15, 0.2) is 11.5 Å². The Kier molecular flexibility index (Phi) is 5.70. The van der Waals surface area contributed by atoms with Gasteiger partial charge in [-0.1, -0.05) is 19.9 Å². The number of carbonyl (C=O) groups is 2. The average molecular weight is 335 g/mol. The summed E-state index contributed by atoms with van der Waals surface area (Å²) in [5, 5.41) is 9.64. The predicted octanol–water partition coefficient (Wildman–Crippen LogP) is 2.72. The molecule has 1 aliphatic heterocycles. The number of amides is 1. The Morgan fingerprint density at radius 1 is 1.29 bits per heavy atom. The van der Waals surface area contributed by atoms with Crippen molar-refractivity contribution in [2.75, 3.05) is 20.8 Å². The van der Waals surface area contributed by atoms with Crippen LogP contribution < -0.4 is 9.47 Å². The number of piperidine rings is 1. The van der Waals surface area contributed by atoms with Crippen LogP contribution in [0.3, 0.4) is 0 Å².